The summed E-state index contributed by atoms with van der Waals surface area (Å²) in [6.45, 7) is 1.73. The largest absolute Gasteiger partial charge is 0.472 e. The average Bonchev–Trinajstić information content (AvgIpc) is 2.35. The van der Waals surface area contributed by atoms with Crippen molar-refractivity contribution in [3.63, 3.8) is 0 Å². The van der Waals surface area contributed by atoms with Gasteiger partial charge in [-0.05, 0) is 12.5 Å². The summed E-state index contributed by atoms with van der Waals surface area (Å²) in [5, 5.41) is 10.7. The van der Waals surface area contributed by atoms with Crippen LogP contribution in [0, 0.1) is 10.1 Å². The van der Waals surface area contributed by atoms with E-state index in [0.29, 0.717) is 6.42 Å². The highest BCUT2D eigenvalue weighted by atomic mass is 16.6. The molecule has 1 unspecified atom stereocenters. The molecule has 0 aliphatic heterocycles. The Kier molecular flexibility index (Phi) is 4.45. The molecule has 6 heteroatoms. The van der Waals surface area contributed by atoms with Gasteiger partial charge in [0.05, 0.1) is 12.0 Å². The highest BCUT2D eigenvalue weighted by Crippen LogP contribution is 2.27. The first-order chi connectivity index (χ1) is 8.10. The molecule has 0 fully saturated rings. The van der Waals surface area contributed by atoms with Crippen molar-refractivity contribution in [2.75, 3.05) is 7.11 Å². The summed E-state index contributed by atoms with van der Waals surface area (Å²) in [5.41, 5.74) is -0.171. The smallest absolute Gasteiger partial charge is 0.347 e. The normalized spacial score (nSPS) is 11.6. The number of carbonyl (C=O) groups is 1. The highest BCUT2D eigenvalue weighted by Gasteiger charge is 2.23. The van der Waals surface area contributed by atoms with Gasteiger partial charge in [-0.25, -0.2) is 4.79 Å². The predicted molar refractivity (Wildman–Crippen MR) is 59.8 cm³/mol. The van der Waals surface area contributed by atoms with Crippen LogP contribution in [0.3, 0.4) is 0 Å². The number of hydrogen-bond donors (Lipinski definition) is 0. The summed E-state index contributed by atoms with van der Waals surface area (Å²) < 4.78 is 9.83. The van der Waals surface area contributed by atoms with Crippen molar-refractivity contribution in [3.05, 3.63) is 34.4 Å². The van der Waals surface area contributed by atoms with E-state index in [1.54, 1.807) is 13.0 Å². The molecule has 0 spiro atoms. The maximum Gasteiger partial charge on any atom is 0.347 e. The van der Waals surface area contributed by atoms with Crippen molar-refractivity contribution in [3.8, 4) is 5.75 Å². The number of benzene rings is 1. The molecule has 0 radical (unpaired) electrons. The third-order valence-corrected chi connectivity index (χ3v) is 2.17. The van der Waals surface area contributed by atoms with E-state index in [-0.39, 0.29) is 11.4 Å². The maximum absolute atomic E-state index is 11.3. The van der Waals surface area contributed by atoms with Gasteiger partial charge in [-0.3, -0.25) is 10.1 Å². The molecule has 1 rings (SSSR count). The van der Waals surface area contributed by atoms with E-state index in [1.165, 1.54) is 25.3 Å². The van der Waals surface area contributed by atoms with Crippen molar-refractivity contribution < 1.29 is 19.2 Å². The summed E-state index contributed by atoms with van der Waals surface area (Å²) in [4.78, 5) is 21.5. The Morgan fingerprint density at radius 2 is 2.12 bits per heavy atom. The zero-order valence-electron chi connectivity index (χ0n) is 9.58. The molecule has 92 valence electrons. The van der Waals surface area contributed by atoms with Crippen LogP contribution in [-0.4, -0.2) is 24.1 Å². The summed E-state index contributed by atoms with van der Waals surface area (Å²) in [6, 6.07) is 5.90. The van der Waals surface area contributed by atoms with Gasteiger partial charge in [0.15, 0.2) is 11.9 Å². The van der Waals surface area contributed by atoms with E-state index in [9.17, 15) is 14.9 Å². The quantitative estimate of drug-likeness (QED) is 0.445. The van der Waals surface area contributed by atoms with Gasteiger partial charge in [-0.2, -0.15) is 0 Å². The zero-order valence-corrected chi connectivity index (χ0v) is 9.58. The number of methoxy groups -OCH3 is 1. The van der Waals surface area contributed by atoms with Crippen molar-refractivity contribution >= 4 is 11.7 Å². The molecular formula is C11H13NO5. The fraction of sp³-hybridized carbons (Fsp3) is 0.364. The van der Waals surface area contributed by atoms with Crippen LogP contribution in [-0.2, 0) is 9.53 Å². The third-order valence-electron chi connectivity index (χ3n) is 2.17. The first-order valence-electron chi connectivity index (χ1n) is 5.08. The summed E-state index contributed by atoms with van der Waals surface area (Å²) in [5.74, 6) is -0.486. The van der Waals surface area contributed by atoms with E-state index in [4.69, 9.17) is 4.74 Å². The molecule has 1 aromatic carbocycles. The van der Waals surface area contributed by atoms with E-state index < -0.39 is 17.0 Å². The molecule has 1 aromatic rings. The Labute approximate surface area is 98.3 Å². The number of rotatable bonds is 5. The second-order valence-electron chi connectivity index (χ2n) is 3.26. The fourth-order valence-corrected chi connectivity index (χ4v) is 1.29. The average molecular weight is 239 g/mol. The molecule has 0 bridgehead atoms. The minimum Gasteiger partial charge on any atom is -0.472 e. The van der Waals surface area contributed by atoms with Crippen LogP contribution in [0.2, 0.25) is 0 Å². The lowest BCUT2D eigenvalue weighted by Crippen LogP contribution is -2.27. The molecule has 0 aromatic heterocycles. The lowest BCUT2D eigenvalue weighted by Gasteiger charge is -2.14. The van der Waals surface area contributed by atoms with Crippen LogP contribution < -0.4 is 4.74 Å². The monoisotopic (exact) mass is 239 g/mol. The summed E-state index contributed by atoms with van der Waals surface area (Å²) >= 11 is 0. The number of hydrogen-bond acceptors (Lipinski definition) is 5. The van der Waals surface area contributed by atoms with Crippen LogP contribution in [0.4, 0.5) is 5.69 Å². The first-order valence-corrected chi connectivity index (χ1v) is 5.08. The number of para-hydroxylation sites is 2. The van der Waals surface area contributed by atoms with Crippen molar-refractivity contribution in [2.45, 2.75) is 19.4 Å². The number of nitrogens with zero attached hydrogens (tertiary/aromatic N) is 1. The second-order valence-corrected chi connectivity index (χ2v) is 3.26. The van der Waals surface area contributed by atoms with Gasteiger partial charge in [0, 0.05) is 6.07 Å². The highest BCUT2D eigenvalue weighted by molar-refractivity contribution is 5.75. The zero-order chi connectivity index (χ0) is 12.8. The SMILES string of the molecule is CCC(Oc1ccccc1[N+](=O)[O-])C(=O)OC. The number of carbonyl (C=O) groups excluding carboxylic acids is 1. The van der Waals surface area contributed by atoms with Gasteiger partial charge in [-0.15, -0.1) is 0 Å². The Morgan fingerprint density at radius 1 is 1.47 bits per heavy atom. The molecule has 0 aliphatic rings. The Morgan fingerprint density at radius 3 is 2.65 bits per heavy atom. The number of ether oxygens (including phenoxy) is 2. The molecular weight excluding hydrogens is 226 g/mol. The fourth-order valence-electron chi connectivity index (χ4n) is 1.29. The van der Waals surface area contributed by atoms with Crippen LogP contribution >= 0.6 is 0 Å². The molecule has 0 saturated heterocycles. The number of esters is 1. The molecule has 0 amide bonds. The molecule has 0 saturated carbocycles. The number of nitro groups is 1. The van der Waals surface area contributed by atoms with Gasteiger partial charge < -0.3 is 9.47 Å². The van der Waals surface area contributed by atoms with Crippen LogP contribution in [0.1, 0.15) is 13.3 Å². The standard InChI is InChI=1S/C11H13NO5/c1-3-9(11(13)16-2)17-10-7-5-4-6-8(10)12(14)15/h4-7,9H,3H2,1-2H3. The minimum atomic E-state index is -0.832. The van der Waals surface area contributed by atoms with Gasteiger partial charge >= 0.3 is 11.7 Å². The van der Waals surface area contributed by atoms with Crippen LogP contribution in [0.5, 0.6) is 5.75 Å². The lowest BCUT2D eigenvalue weighted by molar-refractivity contribution is -0.386. The van der Waals surface area contributed by atoms with Gasteiger partial charge in [0.25, 0.3) is 0 Å². The number of nitro benzene ring substituents is 1. The van der Waals surface area contributed by atoms with Crippen LogP contribution in [0.15, 0.2) is 24.3 Å². The van der Waals surface area contributed by atoms with Crippen LogP contribution in [0.25, 0.3) is 0 Å². The second kappa shape index (κ2) is 5.83. The molecule has 17 heavy (non-hydrogen) atoms. The van der Waals surface area contributed by atoms with E-state index in [0.717, 1.165) is 0 Å². The molecule has 1 atom stereocenters. The lowest BCUT2D eigenvalue weighted by atomic mass is 10.2. The van der Waals surface area contributed by atoms with E-state index in [1.807, 2.05) is 0 Å². The maximum atomic E-state index is 11.3. The van der Waals surface area contributed by atoms with Crippen molar-refractivity contribution in [2.24, 2.45) is 0 Å². The van der Waals surface area contributed by atoms with Gasteiger partial charge in [0.2, 0.25) is 0 Å². The van der Waals surface area contributed by atoms with Crippen molar-refractivity contribution in [1.29, 1.82) is 0 Å². The molecule has 6 nitrogen and oxygen atoms in total. The first kappa shape index (κ1) is 13.0. The van der Waals surface area contributed by atoms with Crippen molar-refractivity contribution in [1.82, 2.24) is 0 Å². The Hall–Kier alpha value is -2.11. The summed E-state index contributed by atoms with van der Waals surface area (Å²) in [7, 11) is 1.24. The van der Waals surface area contributed by atoms with Gasteiger partial charge in [-0.1, -0.05) is 19.1 Å². The Bertz CT molecular complexity index is 418. The van der Waals surface area contributed by atoms with E-state index >= 15 is 0 Å². The molecule has 0 N–H and O–H groups in total. The van der Waals surface area contributed by atoms with E-state index in [2.05, 4.69) is 4.74 Å². The molecule has 0 heterocycles. The summed E-state index contributed by atoms with van der Waals surface area (Å²) in [6.07, 6.45) is -0.459. The molecule has 0 aliphatic carbocycles. The topological polar surface area (TPSA) is 78.7 Å². The predicted octanol–water partition coefficient (Wildman–Crippen LogP) is 1.93. The minimum absolute atomic E-state index is 0.0646. The van der Waals surface area contributed by atoms with Gasteiger partial charge in [0.1, 0.15) is 0 Å². The Balaban J connectivity index is 2.93. The third kappa shape index (κ3) is 3.17.